The van der Waals surface area contributed by atoms with Crippen LogP contribution < -0.4 is 5.32 Å². The van der Waals surface area contributed by atoms with Gasteiger partial charge in [-0.15, -0.1) is 11.6 Å². The Bertz CT molecular complexity index is 778. The molecule has 0 spiro atoms. The van der Waals surface area contributed by atoms with E-state index in [0.29, 0.717) is 12.3 Å². The molecule has 9 atom stereocenters. The Kier molecular flexibility index (Phi) is 9.95. The second-order valence-corrected chi connectivity index (χ2v) is 14.8. The number of nitrogens with zero attached hydrogens (tertiary/aromatic N) is 1. The number of amides is 1. The van der Waals surface area contributed by atoms with Gasteiger partial charge in [0.15, 0.2) is 0 Å². The lowest BCUT2D eigenvalue weighted by Crippen LogP contribution is -2.67. The van der Waals surface area contributed by atoms with Crippen LogP contribution in [-0.2, 0) is 28.6 Å². The van der Waals surface area contributed by atoms with Gasteiger partial charge in [0.25, 0.3) is 0 Å². The lowest BCUT2D eigenvalue weighted by atomic mass is 9.92. The lowest BCUT2D eigenvalue weighted by Gasteiger charge is -2.47. The summed E-state index contributed by atoms with van der Waals surface area (Å²) in [5.41, 5.74) is -1.44. The molecule has 0 aromatic carbocycles. The Morgan fingerprint density at radius 1 is 1.33 bits per heavy atom. The highest BCUT2D eigenvalue weighted by atomic mass is 35.5. The van der Waals surface area contributed by atoms with Crippen molar-refractivity contribution in [1.29, 1.82) is 0 Å². The SMILES string of the molecule is CCC[C@@H]1C[C@@H](C(=O)NC(C(C)Cl)[C@H]2O[C@H]([SH](C)(C)=O)[C@H](OP(=O)(O)O)[C@@H](O)[C@H]2O)N(C)C1. The molecule has 5 N–H and O–H groups in total. The number of aliphatic hydroxyl groups excluding tert-OH is 2. The number of likely N-dealkylation sites (N-methyl/N-ethyl adjacent to an activating group) is 1. The number of nitrogens with one attached hydrogen (secondary N) is 1. The zero-order valence-electron chi connectivity index (χ0n) is 19.6. The fraction of sp³-hybridized carbons (Fsp3) is 0.947. The number of thiol groups is 1. The van der Waals surface area contributed by atoms with E-state index in [1.54, 1.807) is 6.92 Å². The van der Waals surface area contributed by atoms with Gasteiger partial charge in [-0.1, -0.05) is 23.3 Å². The number of rotatable bonds is 9. The van der Waals surface area contributed by atoms with Crippen molar-refractivity contribution in [3.63, 3.8) is 0 Å². The van der Waals surface area contributed by atoms with Crippen molar-refractivity contribution in [2.24, 2.45) is 5.92 Å². The molecule has 0 radical (unpaired) electrons. The van der Waals surface area contributed by atoms with Gasteiger partial charge in [0.05, 0.1) is 17.5 Å². The van der Waals surface area contributed by atoms with E-state index in [4.69, 9.17) is 16.3 Å². The summed E-state index contributed by atoms with van der Waals surface area (Å²) >= 11 is 6.33. The van der Waals surface area contributed by atoms with Crippen LogP contribution in [0.1, 0.15) is 33.1 Å². The summed E-state index contributed by atoms with van der Waals surface area (Å²) in [6, 6.07) is -1.37. The summed E-state index contributed by atoms with van der Waals surface area (Å²) < 4.78 is 34.7. The molecule has 0 aliphatic carbocycles. The van der Waals surface area contributed by atoms with E-state index < -0.39 is 65.1 Å². The first kappa shape index (κ1) is 29.1. The first-order chi connectivity index (χ1) is 15.1. The van der Waals surface area contributed by atoms with Crippen molar-refractivity contribution in [3.8, 4) is 0 Å². The van der Waals surface area contributed by atoms with E-state index in [1.807, 2.05) is 11.9 Å². The van der Waals surface area contributed by atoms with Gasteiger partial charge in [-0.05, 0) is 45.2 Å². The maximum absolute atomic E-state index is 13.1. The highest BCUT2D eigenvalue weighted by Crippen LogP contribution is 2.43. The number of hydrogen-bond donors (Lipinski definition) is 6. The quantitative estimate of drug-likeness (QED) is 0.127. The lowest BCUT2D eigenvalue weighted by molar-refractivity contribution is -0.203. The third-order valence-electron chi connectivity index (χ3n) is 6.26. The highest BCUT2D eigenvalue weighted by Gasteiger charge is 2.53. The fourth-order valence-electron chi connectivity index (χ4n) is 4.69. The summed E-state index contributed by atoms with van der Waals surface area (Å²) in [5.74, 6) is 0.0854. The Morgan fingerprint density at radius 3 is 2.42 bits per heavy atom. The molecular weight excluding hydrogens is 499 g/mol. The predicted octanol–water partition coefficient (Wildman–Crippen LogP) is -0.580. The van der Waals surface area contributed by atoms with Crippen molar-refractivity contribution in [3.05, 3.63) is 0 Å². The van der Waals surface area contributed by atoms with E-state index in [-0.39, 0.29) is 5.91 Å². The summed E-state index contributed by atoms with van der Waals surface area (Å²) in [6.07, 6.45) is -1.26. The monoisotopic (exact) mass is 536 g/mol. The molecule has 0 saturated carbocycles. The summed E-state index contributed by atoms with van der Waals surface area (Å²) in [4.78, 5) is 33.5. The number of ether oxygens (including phenoxy) is 1. The van der Waals surface area contributed by atoms with Crippen molar-refractivity contribution in [1.82, 2.24) is 10.2 Å². The zero-order valence-corrected chi connectivity index (χ0v) is 22.1. The smallest absolute Gasteiger partial charge is 0.388 e. The second kappa shape index (κ2) is 11.3. The number of phosphoric ester groups is 1. The van der Waals surface area contributed by atoms with Crippen LogP contribution in [0.15, 0.2) is 0 Å². The van der Waals surface area contributed by atoms with E-state index in [1.165, 1.54) is 12.5 Å². The van der Waals surface area contributed by atoms with Crippen LogP contribution in [-0.4, -0.2) is 108 Å². The summed E-state index contributed by atoms with van der Waals surface area (Å²) in [5, 5.41) is 23.4. The van der Waals surface area contributed by atoms with Gasteiger partial charge in [0.2, 0.25) is 5.91 Å². The van der Waals surface area contributed by atoms with Crippen molar-refractivity contribution in [2.75, 3.05) is 26.1 Å². The van der Waals surface area contributed by atoms with Gasteiger partial charge in [0.1, 0.15) is 29.9 Å². The molecule has 33 heavy (non-hydrogen) atoms. The van der Waals surface area contributed by atoms with Crippen LogP contribution in [0, 0.1) is 5.92 Å². The van der Waals surface area contributed by atoms with E-state index in [0.717, 1.165) is 19.4 Å². The molecule has 0 bridgehead atoms. The maximum Gasteiger partial charge on any atom is 0.470 e. The number of likely N-dealkylation sites (tertiary alicyclic amines) is 1. The molecule has 2 fully saturated rings. The van der Waals surface area contributed by atoms with Gasteiger partial charge in [-0.25, -0.2) is 4.57 Å². The van der Waals surface area contributed by atoms with E-state index in [9.17, 15) is 33.6 Å². The van der Waals surface area contributed by atoms with Gasteiger partial charge < -0.3 is 30.1 Å². The molecule has 196 valence electrons. The Morgan fingerprint density at radius 2 is 1.94 bits per heavy atom. The van der Waals surface area contributed by atoms with Gasteiger partial charge in [-0.2, -0.15) is 0 Å². The third-order valence-corrected chi connectivity index (χ3v) is 8.70. The molecule has 0 aromatic heterocycles. The van der Waals surface area contributed by atoms with Crippen molar-refractivity contribution >= 4 is 35.3 Å². The number of carbonyl (C=O) groups is 1. The van der Waals surface area contributed by atoms with Crippen molar-refractivity contribution in [2.45, 2.75) is 80.4 Å². The number of alkyl halides is 1. The zero-order chi connectivity index (χ0) is 25.3. The topological polar surface area (TPSA) is 166 Å². The Hall–Kier alpha value is -0.140. The van der Waals surface area contributed by atoms with Crippen LogP contribution >= 0.6 is 19.4 Å². The summed E-state index contributed by atoms with van der Waals surface area (Å²) in [7, 11) is -6.50. The second-order valence-electron chi connectivity index (χ2n) is 9.52. The molecule has 2 unspecified atom stereocenters. The molecule has 2 aliphatic rings. The Labute approximate surface area is 200 Å². The molecule has 2 rings (SSSR count). The predicted molar refractivity (Wildman–Crippen MR) is 126 cm³/mol. The van der Waals surface area contributed by atoms with Crippen LogP contribution in [0.2, 0.25) is 0 Å². The van der Waals surface area contributed by atoms with E-state index >= 15 is 0 Å². The largest absolute Gasteiger partial charge is 0.470 e. The van der Waals surface area contributed by atoms with Crippen LogP contribution in [0.25, 0.3) is 0 Å². The first-order valence-corrected chi connectivity index (χ1v) is 15.6. The maximum atomic E-state index is 13.1. The molecule has 2 saturated heterocycles. The number of hydrogen-bond acceptors (Lipinski definition) is 8. The number of phosphoric acid groups is 1. The molecule has 2 heterocycles. The Balaban J connectivity index is 2.26. The summed E-state index contributed by atoms with van der Waals surface area (Å²) in [6.45, 7) is 4.45. The normalized spacial score (nSPS) is 36.4. The molecule has 0 aromatic rings. The molecule has 11 nitrogen and oxygen atoms in total. The number of halogens is 1. The number of aliphatic hydroxyl groups is 2. The minimum Gasteiger partial charge on any atom is -0.388 e. The van der Waals surface area contributed by atoms with Crippen LogP contribution in [0.4, 0.5) is 0 Å². The van der Waals surface area contributed by atoms with Gasteiger partial charge in [0, 0.05) is 6.54 Å². The minimum atomic E-state index is -5.10. The first-order valence-electron chi connectivity index (χ1n) is 11.0. The molecular formula is C19H38ClN2O9PS. The average molecular weight is 537 g/mol. The highest BCUT2D eigenvalue weighted by molar-refractivity contribution is 8.02. The van der Waals surface area contributed by atoms with Crippen LogP contribution in [0.3, 0.4) is 0 Å². The minimum absolute atomic E-state index is 0.305. The standard InChI is InChI=1S/C19H38ClN2O9PS/c1-6-7-11-8-12(22(3)9-11)18(25)21-13(10(2)20)16-14(23)15(24)17(31-32(26,27)28)19(30-16)33(4,5)29/h10-17,19,23-24,33H,6-9H2,1-5H3,(H,21,25)(H2,26,27,28)/t10?,11-,12+,13?,14-,15+,16-,17-,19-/m1/s1. The van der Waals surface area contributed by atoms with Gasteiger partial charge in [-0.3, -0.25) is 18.4 Å². The van der Waals surface area contributed by atoms with Crippen LogP contribution in [0.5, 0.6) is 0 Å². The van der Waals surface area contributed by atoms with E-state index in [2.05, 4.69) is 16.8 Å². The van der Waals surface area contributed by atoms with Gasteiger partial charge >= 0.3 is 7.82 Å². The molecule has 1 amide bonds. The number of carbonyl (C=O) groups excluding carboxylic acids is 1. The fourth-order valence-corrected chi connectivity index (χ4v) is 6.93. The van der Waals surface area contributed by atoms with Crippen molar-refractivity contribution < 1.29 is 42.8 Å². The average Bonchev–Trinajstić information content (AvgIpc) is 3.02. The third kappa shape index (κ3) is 7.42. The molecule has 14 heteroatoms. The molecule has 2 aliphatic heterocycles.